The molecule has 2 aromatic carbocycles. The predicted molar refractivity (Wildman–Crippen MR) is 93.9 cm³/mol. The first kappa shape index (κ1) is 17.6. The molecule has 4 amide bonds. The lowest BCUT2D eigenvalue weighted by Gasteiger charge is -2.13. The van der Waals surface area contributed by atoms with Crippen LogP contribution in [0.2, 0.25) is 0 Å². The number of nitrogens with zero attached hydrogens (tertiary/aromatic N) is 1. The second-order valence-corrected chi connectivity index (χ2v) is 6.15. The summed E-state index contributed by atoms with van der Waals surface area (Å²) in [6, 6.07) is 12.3. The first-order valence-corrected chi connectivity index (χ1v) is 8.16. The lowest BCUT2D eigenvalue weighted by Crippen LogP contribution is -2.38. The van der Waals surface area contributed by atoms with Gasteiger partial charge in [0.15, 0.2) is 0 Å². The zero-order valence-corrected chi connectivity index (χ0v) is 14.2. The van der Waals surface area contributed by atoms with Crippen LogP contribution in [0, 0.1) is 12.7 Å². The second-order valence-electron chi connectivity index (χ2n) is 6.15. The molecule has 0 spiro atoms. The zero-order valence-electron chi connectivity index (χ0n) is 14.2. The van der Waals surface area contributed by atoms with Crippen LogP contribution in [0.4, 0.5) is 14.9 Å². The van der Waals surface area contributed by atoms with E-state index < -0.39 is 36.2 Å². The minimum atomic E-state index is -0.714. The molecule has 134 valence electrons. The molecule has 1 atom stereocenters. The average Bonchev–Trinajstić information content (AvgIpc) is 2.86. The highest BCUT2D eigenvalue weighted by atomic mass is 19.1. The third kappa shape index (κ3) is 3.88. The lowest BCUT2D eigenvalue weighted by molar-refractivity contribution is -0.130. The van der Waals surface area contributed by atoms with Gasteiger partial charge in [0, 0.05) is 6.42 Å². The summed E-state index contributed by atoms with van der Waals surface area (Å²) in [4.78, 5) is 37.4. The summed E-state index contributed by atoms with van der Waals surface area (Å²) in [6.45, 7) is 1.26. The minimum absolute atomic E-state index is 0.00786. The topological polar surface area (TPSA) is 78.5 Å². The highest BCUT2D eigenvalue weighted by molar-refractivity contribution is 6.08. The van der Waals surface area contributed by atoms with Crippen molar-refractivity contribution in [3.05, 3.63) is 65.5 Å². The Morgan fingerprint density at radius 2 is 1.92 bits per heavy atom. The maximum Gasteiger partial charge on any atom is 0.325 e. The summed E-state index contributed by atoms with van der Waals surface area (Å²) in [6.07, 6.45) is 0.343. The van der Waals surface area contributed by atoms with E-state index in [-0.39, 0.29) is 5.69 Å². The number of halogens is 1. The predicted octanol–water partition coefficient (Wildman–Crippen LogP) is 2.24. The van der Waals surface area contributed by atoms with E-state index in [0.717, 1.165) is 16.0 Å². The van der Waals surface area contributed by atoms with Gasteiger partial charge in [-0.2, -0.15) is 0 Å². The lowest BCUT2D eigenvalue weighted by atomic mass is 10.1. The normalized spacial score (nSPS) is 16.5. The standard InChI is InChI=1S/C19H18FN3O3/c1-12-7-8-15(14(20)9-12)21-17(24)11-23-18(25)16(22-19(23)26)10-13-5-3-2-4-6-13/h2-9,16H,10-11H2,1H3,(H,21,24)(H,22,26). The number of aryl methyl sites for hydroxylation is 1. The Bertz CT molecular complexity index is 854. The van der Waals surface area contributed by atoms with E-state index in [9.17, 15) is 18.8 Å². The molecule has 0 radical (unpaired) electrons. The number of carbonyl (C=O) groups excluding carboxylic acids is 3. The summed E-state index contributed by atoms with van der Waals surface area (Å²) in [5.74, 6) is -1.69. The molecule has 0 saturated carbocycles. The van der Waals surface area contributed by atoms with Crippen LogP contribution in [-0.4, -0.2) is 35.3 Å². The van der Waals surface area contributed by atoms with Crippen LogP contribution >= 0.6 is 0 Å². The molecular formula is C19H18FN3O3. The Morgan fingerprint density at radius 3 is 2.62 bits per heavy atom. The largest absolute Gasteiger partial charge is 0.325 e. The summed E-state index contributed by atoms with van der Waals surface area (Å²) in [7, 11) is 0. The quantitative estimate of drug-likeness (QED) is 0.808. The summed E-state index contributed by atoms with van der Waals surface area (Å²) in [5, 5.41) is 4.96. The van der Waals surface area contributed by atoms with E-state index in [0.29, 0.717) is 6.42 Å². The van der Waals surface area contributed by atoms with Crippen molar-refractivity contribution >= 4 is 23.5 Å². The van der Waals surface area contributed by atoms with Gasteiger partial charge in [-0.1, -0.05) is 36.4 Å². The second kappa shape index (κ2) is 7.35. The number of urea groups is 1. The van der Waals surface area contributed by atoms with Crippen LogP contribution < -0.4 is 10.6 Å². The first-order chi connectivity index (χ1) is 12.4. The van der Waals surface area contributed by atoms with Gasteiger partial charge in [0.2, 0.25) is 5.91 Å². The van der Waals surface area contributed by atoms with Crippen LogP contribution in [0.15, 0.2) is 48.5 Å². The van der Waals surface area contributed by atoms with E-state index >= 15 is 0 Å². The number of hydrogen-bond acceptors (Lipinski definition) is 3. The van der Waals surface area contributed by atoms with Gasteiger partial charge < -0.3 is 10.6 Å². The molecule has 7 heteroatoms. The van der Waals surface area contributed by atoms with Crippen LogP contribution in [0.3, 0.4) is 0 Å². The molecule has 2 N–H and O–H groups in total. The number of rotatable bonds is 5. The van der Waals surface area contributed by atoms with E-state index in [4.69, 9.17) is 0 Å². The fourth-order valence-corrected chi connectivity index (χ4v) is 2.77. The molecule has 2 aromatic rings. The smallest absolute Gasteiger partial charge is 0.325 e. The maximum atomic E-state index is 13.8. The van der Waals surface area contributed by atoms with Crippen molar-refractivity contribution in [1.29, 1.82) is 0 Å². The minimum Gasteiger partial charge on any atom is -0.325 e. The molecule has 0 aromatic heterocycles. The molecule has 0 bridgehead atoms. The monoisotopic (exact) mass is 355 g/mol. The number of amides is 4. The maximum absolute atomic E-state index is 13.8. The van der Waals surface area contributed by atoms with E-state index in [1.54, 1.807) is 13.0 Å². The third-order valence-corrected chi connectivity index (χ3v) is 4.09. The molecule has 1 aliphatic heterocycles. The molecule has 3 rings (SSSR count). The SMILES string of the molecule is Cc1ccc(NC(=O)CN2C(=O)NC(Cc3ccccc3)C2=O)c(F)c1. The molecule has 1 saturated heterocycles. The fraction of sp³-hybridized carbons (Fsp3) is 0.211. The number of imide groups is 1. The van der Waals surface area contributed by atoms with Gasteiger partial charge in [0.1, 0.15) is 18.4 Å². The van der Waals surface area contributed by atoms with Crippen molar-refractivity contribution in [1.82, 2.24) is 10.2 Å². The van der Waals surface area contributed by atoms with Crippen molar-refractivity contribution in [2.45, 2.75) is 19.4 Å². The molecule has 1 aliphatic rings. The molecule has 0 aliphatic carbocycles. The number of hydrogen-bond donors (Lipinski definition) is 2. The highest BCUT2D eigenvalue weighted by Crippen LogP contribution is 2.16. The van der Waals surface area contributed by atoms with Gasteiger partial charge >= 0.3 is 6.03 Å². The number of nitrogens with one attached hydrogen (secondary N) is 2. The van der Waals surface area contributed by atoms with Crippen LogP contribution in [0.1, 0.15) is 11.1 Å². The van der Waals surface area contributed by atoms with Gasteiger partial charge in [-0.3, -0.25) is 14.5 Å². The van der Waals surface area contributed by atoms with Crippen LogP contribution in [0.5, 0.6) is 0 Å². The number of benzene rings is 2. The zero-order chi connectivity index (χ0) is 18.7. The van der Waals surface area contributed by atoms with E-state index in [1.165, 1.54) is 12.1 Å². The van der Waals surface area contributed by atoms with Crippen LogP contribution in [-0.2, 0) is 16.0 Å². The van der Waals surface area contributed by atoms with Gasteiger partial charge in [0.05, 0.1) is 5.69 Å². The summed E-state index contributed by atoms with van der Waals surface area (Å²) < 4.78 is 13.8. The molecule has 6 nitrogen and oxygen atoms in total. The molecule has 1 fully saturated rings. The van der Waals surface area contributed by atoms with Gasteiger partial charge in [-0.05, 0) is 30.2 Å². The van der Waals surface area contributed by atoms with Crippen molar-refractivity contribution in [3.8, 4) is 0 Å². The Morgan fingerprint density at radius 1 is 1.19 bits per heavy atom. The van der Waals surface area contributed by atoms with Gasteiger partial charge in [-0.25, -0.2) is 9.18 Å². The number of carbonyl (C=O) groups is 3. The Hall–Kier alpha value is -3.22. The van der Waals surface area contributed by atoms with E-state index in [2.05, 4.69) is 10.6 Å². The van der Waals surface area contributed by atoms with Crippen molar-refractivity contribution < 1.29 is 18.8 Å². The Labute approximate surface area is 150 Å². The van der Waals surface area contributed by atoms with Gasteiger partial charge in [-0.15, -0.1) is 0 Å². The Kier molecular flexibility index (Phi) is 4.97. The molecule has 1 unspecified atom stereocenters. The molecule has 1 heterocycles. The van der Waals surface area contributed by atoms with E-state index in [1.807, 2.05) is 30.3 Å². The molecular weight excluding hydrogens is 337 g/mol. The van der Waals surface area contributed by atoms with Crippen molar-refractivity contribution in [3.63, 3.8) is 0 Å². The fourth-order valence-electron chi connectivity index (χ4n) is 2.77. The van der Waals surface area contributed by atoms with Crippen molar-refractivity contribution in [2.24, 2.45) is 0 Å². The van der Waals surface area contributed by atoms with Crippen LogP contribution in [0.25, 0.3) is 0 Å². The first-order valence-electron chi connectivity index (χ1n) is 8.16. The van der Waals surface area contributed by atoms with Crippen molar-refractivity contribution in [2.75, 3.05) is 11.9 Å². The number of anilines is 1. The highest BCUT2D eigenvalue weighted by Gasteiger charge is 2.38. The summed E-state index contributed by atoms with van der Waals surface area (Å²) >= 11 is 0. The van der Waals surface area contributed by atoms with Gasteiger partial charge in [0.25, 0.3) is 5.91 Å². The molecule has 26 heavy (non-hydrogen) atoms. The average molecular weight is 355 g/mol. The Balaban J connectivity index is 1.63. The third-order valence-electron chi connectivity index (χ3n) is 4.09. The summed E-state index contributed by atoms with van der Waals surface area (Å²) in [5.41, 5.74) is 1.63.